The zero-order chi connectivity index (χ0) is 15.1. The highest BCUT2D eigenvalue weighted by Crippen LogP contribution is 2.37. The smallest absolute Gasteiger partial charge is 0.339 e. The van der Waals surface area contributed by atoms with Gasteiger partial charge in [0.25, 0.3) is 0 Å². The van der Waals surface area contributed by atoms with Crippen LogP contribution in [0.2, 0.25) is 0 Å². The Labute approximate surface area is 119 Å². The van der Waals surface area contributed by atoms with Gasteiger partial charge < -0.3 is 10.3 Å². The van der Waals surface area contributed by atoms with Crippen molar-refractivity contribution in [1.29, 1.82) is 0 Å². The van der Waals surface area contributed by atoms with E-state index in [4.69, 9.17) is 10.3 Å². The molecular formula is C14H14F3N3O. The molecule has 1 saturated carbocycles. The summed E-state index contributed by atoms with van der Waals surface area (Å²) in [7, 11) is 0. The molecule has 0 unspecified atom stereocenters. The van der Waals surface area contributed by atoms with E-state index in [0.29, 0.717) is 11.4 Å². The van der Waals surface area contributed by atoms with E-state index in [1.165, 1.54) is 6.07 Å². The average Bonchev–Trinajstić information content (AvgIpc) is 2.84. The molecule has 112 valence electrons. The predicted octanol–water partition coefficient (Wildman–Crippen LogP) is 3.02. The van der Waals surface area contributed by atoms with Gasteiger partial charge in [0, 0.05) is 0 Å². The lowest BCUT2D eigenvalue weighted by Crippen LogP contribution is -2.44. The van der Waals surface area contributed by atoms with Crippen LogP contribution < -0.4 is 5.73 Å². The lowest BCUT2D eigenvalue weighted by atomic mass is 9.77. The van der Waals surface area contributed by atoms with Crippen molar-refractivity contribution in [3.05, 3.63) is 47.1 Å². The molecule has 2 aromatic rings. The maximum Gasteiger partial charge on any atom is 0.416 e. The number of hydrogen-bond donors (Lipinski definition) is 1. The van der Waals surface area contributed by atoms with Gasteiger partial charge in [-0.15, -0.1) is 0 Å². The fourth-order valence-corrected chi connectivity index (χ4v) is 2.34. The topological polar surface area (TPSA) is 64.9 Å². The molecule has 4 nitrogen and oxygen atoms in total. The summed E-state index contributed by atoms with van der Waals surface area (Å²) in [6, 6.07) is 5.09. The Morgan fingerprint density at radius 3 is 2.67 bits per heavy atom. The molecule has 21 heavy (non-hydrogen) atoms. The second-order valence-electron chi connectivity index (χ2n) is 5.40. The molecule has 0 amide bonds. The van der Waals surface area contributed by atoms with Crippen LogP contribution in [-0.2, 0) is 18.1 Å². The summed E-state index contributed by atoms with van der Waals surface area (Å²) < 4.78 is 43.1. The van der Waals surface area contributed by atoms with E-state index in [1.807, 2.05) is 0 Å². The molecule has 0 atom stereocenters. The first kappa shape index (κ1) is 14.1. The molecule has 0 saturated heterocycles. The monoisotopic (exact) mass is 297 g/mol. The van der Waals surface area contributed by atoms with Crippen LogP contribution >= 0.6 is 0 Å². The van der Waals surface area contributed by atoms with Crippen molar-refractivity contribution in [2.24, 2.45) is 5.73 Å². The van der Waals surface area contributed by atoms with Crippen molar-refractivity contribution in [3.63, 3.8) is 0 Å². The van der Waals surface area contributed by atoms with E-state index in [9.17, 15) is 13.2 Å². The SMILES string of the molecule is NC1(c2noc(Cc3cccc(C(F)(F)F)c3)n2)CCC1. The molecule has 7 heteroatoms. The Hall–Kier alpha value is -1.89. The maximum absolute atomic E-state index is 12.7. The Morgan fingerprint density at radius 1 is 1.29 bits per heavy atom. The Balaban J connectivity index is 1.78. The second kappa shape index (κ2) is 4.84. The molecule has 0 radical (unpaired) electrons. The summed E-state index contributed by atoms with van der Waals surface area (Å²) in [5.74, 6) is 0.719. The molecule has 1 aromatic heterocycles. The number of nitrogens with two attached hydrogens (primary N) is 1. The molecule has 1 aromatic carbocycles. The van der Waals surface area contributed by atoms with Crippen molar-refractivity contribution >= 4 is 0 Å². The summed E-state index contributed by atoms with van der Waals surface area (Å²) in [6.45, 7) is 0. The minimum absolute atomic E-state index is 0.160. The fraction of sp³-hybridized carbons (Fsp3) is 0.429. The van der Waals surface area contributed by atoms with Gasteiger partial charge in [-0.1, -0.05) is 23.4 Å². The van der Waals surface area contributed by atoms with E-state index in [2.05, 4.69) is 10.1 Å². The molecular weight excluding hydrogens is 283 g/mol. The number of aromatic nitrogens is 2. The van der Waals surface area contributed by atoms with Crippen LogP contribution in [0.15, 0.2) is 28.8 Å². The van der Waals surface area contributed by atoms with Crippen LogP contribution in [0.4, 0.5) is 13.2 Å². The first-order chi connectivity index (χ1) is 9.87. The average molecular weight is 297 g/mol. The Bertz CT molecular complexity index is 647. The van der Waals surface area contributed by atoms with Gasteiger partial charge in [-0.3, -0.25) is 0 Å². The van der Waals surface area contributed by atoms with Crippen molar-refractivity contribution in [2.45, 2.75) is 37.4 Å². The molecule has 1 heterocycles. The fourth-order valence-electron chi connectivity index (χ4n) is 2.34. The third kappa shape index (κ3) is 2.78. The first-order valence-corrected chi connectivity index (χ1v) is 6.65. The number of rotatable bonds is 3. The highest BCUT2D eigenvalue weighted by molar-refractivity contribution is 5.27. The highest BCUT2D eigenvalue weighted by Gasteiger charge is 2.39. The quantitative estimate of drug-likeness (QED) is 0.945. The molecule has 3 rings (SSSR count). The molecule has 0 aliphatic heterocycles. The van der Waals surface area contributed by atoms with E-state index in [0.717, 1.165) is 31.4 Å². The van der Waals surface area contributed by atoms with Crippen molar-refractivity contribution in [3.8, 4) is 0 Å². The van der Waals surface area contributed by atoms with Gasteiger partial charge in [-0.25, -0.2) is 0 Å². The largest absolute Gasteiger partial charge is 0.416 e. The normalized spacial score (nSPS) is 17.5. The summed E-state index contributed by atoms with van der Waals surface area (Å²) in [5, 5.41) is 3.84. The number of alkyl halides is 3. The summed E-state index contributed by atoms with van der Waals surface area (Å²) in [6.07, 6.45) is -1.57. The minimum atomic E-state index is -4.36. The van der Waals surface area contributed by atoms with Crippen LogP contribution in [0.25, 0.3) is 0 Å². The third-order valence-corrected chi connectivity index (χ3v) is 3.77. The molecule has 0 bridgehead atoms. The van der Waals surface area contributed by atoms with E-state index >= 15 is 0 Å². The van der Waals surface area contributed by atoms with E-state index in [1.54, 1.807) is 6.07 Å². The zero-order valence-electron chi connectivity index (χ0n) is 11.2. The molecule has 1 aliphatic carbocycles. The summed E-state index contributed by atoms with van der Waals surface area (Å²) in [5.41, 5.74) is 5.33. The molecule has 1 aliphatic rings. The standard InChI is InChI=1S/C14H14F3N3O/c15-14(16,17)10-4-1-3-9(7-10)8-11-19-12(20-21-11)13(18)5-2-6-13/h1,3-4,7H,2,5-6,8,18H2. The highest BCUT2D eigenvalue weighted by atomic mass is 19.4. The third-order valence-electron chi connectivity index (χ3n) is 3.77. The number of hydrogen-bond acceptors (Lipinski definition) is 4. The molecule has 0 spiro atoms. The van der Waals surface area contributed by atoms with Crippen LogP contribution in [-0.4, -0.2) is 10.1 Å². The van der Waals surface area contributed by atoms with Gasteiger partial charge in [0.05, 0.1) is 17.5 Å². The molecule has 1 fully saturated rings. The Kier molecular flexibility index (Phi) is 3.24. The van der Waals surface area contributed by atoms with Crippen LogP contribution in [0.5, 0.6) is 0 Å². The number of halogens is 3. The van der Waals surface area contributed by atoms with Gasteiger partial charge in [0.15, 0.2) is 5.82 Å². The van der Waals surface area contributed by atoms with E-state index < -0.39 is 17.3 Å². The van der Waals surface area contributed by atoms with E-state index in [-0.39, 0.29) is 12.3 Å². The number of benzene rings is 1. The lowest BCUT2D eigenvalue weighted by Gasteiger charge is -2.34. The van der Waals surface area contributed by atoms with Crippen molar-refractivity contribution in [2.75, 3.05) is 0 Å². The lowest BCUT2D eigenvalue weighted by molar-refractivity contribution is -0.137. The predicted molar refractivity (Wildman–Crippen MR) is 68.3 cm³/mol. The van der Waals surface area contributed by atoms with Crippen molar-refractivity contribution < 1.29 is 17.7 Å². The van der Waals surface area contributed by atoms with Gasteiger partial charge in [0.2, 0.25) is 5.89 Å². The number of nitrogens with zero attached hydrogens (tertiary/aromatic N) is 2. The van der Waals surface area contributed by atoms with Gasteiger partial charge in [0.1, 0.15) is 0 Å². The van der Waals surface area contributed by atoms with Gasteiger partial charge in [-0.2, -0.15) is 18.2 Å². The van der Waals surface area contributed by atoms with Crippen molar-refractivity contribution in [1.82, 2.24) is 10.1 Å². The Morgan fingerprint density at radius 2 is 2.05 bits per heavy atom. The van der Waals surface area contributed by atoms with Gasteiger partial charge in [-0.05, 0) is 30.9 Å². The minimum Gasteiger partial charge on any atom is -0.339 e. The van der Waals surface area contributed by atoms with Crippen LogP contribution in [0.1, 0.15) is 42.1 Å². The maximum atomic E-state index is 12.7. The molecule has 2 N–H and O–H groups in total. The summed E-state index contributed by atoms with van der Waals surface area (Å²) in [4.78, 5) is 4.21. The van der Waals surface area contributed by atoms with Crippen LogP contribution in [0.3, 0.4) is 0 Å². The first-order valence-electron chi connectivity index (χ1n) is 6.65. The van der Waals surface area contributed by atoms with Gasteiger partial charge >= 0.3 is 6.18 Å². The zero-order valence-corrected chi connectivity index (χ0v) is 11.2. The van der Waals surface area contributed by atoms with Crippen LogP contribution in [0, 0.1) is 0 Å². The second-order valence-corrected chi connectivity index (χ2v) is 5.40. The summed E-state index contributed by atoms with van der Waals surface area (Å²) >= 11 is 0.